The zero-order valence-corrected chi connectivity index (χ0v) is 69.4. The molecule has 8 aromatic heterocycles. The highest BCUT2D eigenvalue weighted by molar-refractivity contribution is 6.33. The summed E-state index contributed by atoms with van der Waals surface area (Å²) in [5.41, 5.74) is 1.83. The van der Waals surface area contributed by atoms with Gasteiger partial charge in [-0.3, -0.25) is 39.4 Å². The molecule has 1 saturated heterocycles. The number of benzene rings is 1. The summed E-state index contributed by atoms with van der Waals surface area (Å²) in [7, 11) is 0. The number of aromatic nitrogens is 16. The van der Waals surface area contributed by atoms with E-state index in [-0.39, 0.29) is 121 Å². The van der Waals surface area contributed by atoms with E-state index in [4.69, 9.17) is 49.5 Å². The Morgan fingerprint density at radius 2 is 1.08 bits per heavy atom. The van der Waals surface area contributed by atoms with Gasteiger partial charge < -0.3 is 66.4 Å². The summed E-state index contributed by atoms with van der Waals surface area (Å²) in [6.07, 6.45) is 16.8. The molecule has 2 fully saturated rings. The van der Waals surface area contributed by atoms with Gasteiger partial charge in [0.15, 0.2) is 55.9 Å². The monoisotopic (exact) mass is 1640 g/mol. The highest BCUT2D eigenvalue weighted by atomic mass is 35.5. The molecule has 3 amide bonds. The number of nitrogens with zero attached hydrogens (tertiary/aromatic N) is 20. The Bertz CT molecular complexity index is 4890. The van der Waals surface area contributed by atoms with E-state index in [1.54, 1.807) is 81.5 Å². The third kappa shape index (κ3) is 26.6. The van der Waals surface area contributed by atoms with E-state index in [0.717, 1.165) is 57.8 Å². The van der Waals surface area contributed by atoms with Gasteiger partial charge in [-0.15, -0.1) is 6.58 Å². The molecule has 0 unspecified atom stereocenters. The van der Waals surface area contributed by atoms with Gasteiger partial charge >= 0.3 is 36.1 Å². The number of ether oxygens (including phenoxy) is 8. The van der Waals surface area contributed by atoms with Crippen molar-refractivity contribution in [2.75, 3.05) is 97.7 Å². The lowest BCUT2D eigenvalue weighted by atomic mass is 9.89. The van der Waals surface area contributed by atoms with Crippen LogP contribution in [0.4, 0.5) is 44.8 Å². The van der Waals surface area contributed by atoms with E-state index in [9.17, 15) is 43.7 Å². The van der Waals surface area contributed by atoms with Gasteiger partial charge in [-0.1, -0.05) is 82.5 Å². The lowest BCUT2D eigenvalue weighted by Crippen LogP contribution is -2.38. The second-order valence-electron chi connectivity index (χ2n) is 28.7. The molecule has 9 aromatic rings. The van der Waals surface area contributed by atoms with Crippen LogP contribution in [-0.4, -0.2) is 209 Å². The van der Waals surface area contributed by atoms with Gasteiger partial charge in [-0.25, -0.2) is 49.3 Å². The SMILES string of the molecule is C=CCNc1nc(N(CCCCC)C(=O)OC(C)(C)C)nc2c1ncn2CC(=O)OCC.CCCCCN(C(=O)OC(C)(C)C)c1nc(Oc2cccc([N+](=O)[O-])c2)c2ncn(CC(=O)OCC)c2n1.CCOC(=O)Cn1cnc2c(Cl)nc(C)nc21.CCOC(=O)Cn1cnc2c(N3CCOCC3)nc(NC(=O)C3CCCCC3)nc21. The molecule has 1 aromatic carbocycles. The fourth-order valence-corrected chi connectivity index (χ4v) is 12.1. The van der Waals surface area contributed by atoms with Gasteiger partial charge in [-0.05, 0) is 108 Å². The molecule has 1 aliphatic heterocycles. The molecule has 0 radical (unpaired) electrons. The maximum absolute atomic E-state index is 13.2. The van der Waals surface area contributed by atoms with Crippen molar-refractivity contribution in [3.05, 3.63) is 83.3 Å². The van der Waals surface area contributed by atoms with E-state index in [0.29, 0.717) is 110 Å². The summed E-state index contributed by atoms with van der Waals surface area (Å²) in [4.78, 5) is 155. The average molecular weight is 1650 g/mol. The molecule has 2 N–H and O–H groups in total. The van der Waals surface area contributed by atoms with Crippen molar-refractivity contribution in [1.29, 1.82) is 0 Å². The van der Waals surface area contributed by atoms with E-state index in [1.807, 2.05) is 27.7 Å². The van der Waals surface area contributed by atoms with Gasteiger partial charge in [0.1, 0.15) is 54.5 Å². The number of aryl methyl sites for hydroxylation is 1. The molecule has 0 bridgehead atoms. The maximum Gasteiger partial charge on any atom is 0.417 e. The number of amides is 3. The average Bonchev–Trinajstić information content (AvgIpc) is 1.70. The Morgan fingerprint density at radius 1 is 0.607 bits per heavy atom. The molecule has 39 nitrogen and oxygen atoms in total. The van der Waals surface area contributed by atoms with Crippen LogP contribution >= 0.6 is 11.6 Å². The number of rotatable bonds is 31. The number of non-ortho nitro benzene ring substituents is 1. The van der Waals surface area contributed by atoms with Crippen LogP contribution in [0.15, 0.2) is 62.2 Å². The first-order valence-electron chi connectivity index (χ1n) is 39.1. The first-order chi connectivity index (χ1) is 56.0. The van der Waals surface area contributed by atoms with Crippen molar-refractivity contribution in [3.63, 3.8) is 0 Å². The van der Waals surface area contributed by atoms with Crippen LogP contribution in [0.1, 0.15) is 160 Å². The second-order valence-corrected chi connectivity index (χ2v) is 29.0. The molecule has 2 aliphatic rings. The number of fused-ring (bicyclic) bond motifs is 4. The zero-order chi connectivity index (χ0) is 84.9. The third-order valence-electron chi connectivity index (χ3n) is 17.1. The third-order valence-corrected chi connectivity index (χ3v) is 17.4. The minimum absolute atomic E-state index is 0.0000835. The number of morpholine rings is 1. The number of hydrogen-bond acceptors (Lipinski definition) is 31. The Kier molecular flexibility index (Phi) is 33.9. The maximum atomic E-state index is 13.2. The number of hydrogen-bond donors (Lipinski definition) is 2. The number of imidazole rings is 4. The Balaban J connectivity index is 0.000000200. The highest BCUT2D eigenvalue weighted by Crippen LogP contribution is 2.34. The van der Waals surface area contributed by atoms with Gasteiger partial charge in [0.2, 0.25) is 23.8 Å². The molecular formula is C77H105ClN22O17. The molecule has 0 atom stereocenters. The Morgan fingerprint density at radius 3 is 1.56 bits per heavy atom. The summed E-state index contributed by atoms with van der Waals surface area (Å²) in [5, 5.41) is 17.6. The number of carbonyl (C=O) groups excluding carboxylic acids is 7. The number of esters is 4. The molecule has 0 spiro atoms. The van der Waals surface area contributed by atoms with Crippen molar-refractivity contribution in [3.8, 4) is 11.6 Å². The molecule has 9 heterocycles. The van der Waals surface area contributed by atoms with E-state index in [2.05, 4.69) is 88.8 Å². The molecular weight excluding hydrogens is 1540 g/mol. The summed E-state index contributed by atoms with van der Waals surface area (Å²) in [5.74, 6) is 0.466. The Labute approximate surface area is 681 Å². The minimum Gasteiger partial charge on any atom is -0.465 e. The number of nitrogens with one attached hydrogen (secondary N) is 2. The number of carbonyl (C=O) groups is 7. The predicted molar refractivity (Wildman–Crippen MR) is 434 cm³/mol. The minimum atomic E-state index is -0.766. The van der Waals surface area contributed by atoms with Crippen LogP contribution < -0.4 is 30.1 Å². The van der Waals surface area contributed by atoms with Crippen LogP contribution in [0.2, 0.25) is 5.15 Å². The molecule has 632 valence electrons. The number of unbranched alkanes of at least 4 members (excludes halogenated alkanes) is 4. The number of nitro groups is 1. The van der Waals surface area contributed by atoms with E-state index >= 15 is 0 Å². The summed E-state index contributed by atoms with van der Waals surface area (Å²) < 4.78 is 48.9. The fourth-order valence-electron chi connectivity index (χ4n) is 11.9. The summed E-state index contributed by atoms with van der Waals surface area (Å²) >= 11 is 5.93. The largest absolute Gasteiger partial charge is 0.465 e. The number of halogens is 1. The number of nitro benzene ring substituents is 1. The molecule has 117 heavy (non-hydrogen) atoms. The lowest BCUT2D eigenvalue weighted by Gasteiger charge is -2.28. The fraction of sp³-hybridized carbons (Fsp3) is 0.545. The van der Waals surface area contributed by atoms with Crippen molar-refractivity contribution in [2.45, 2.75) is 198 Å². The van der Waals surface area contributed by atoms with E-state index < -0.39 is 40.3 Å². The quantitative estimate of drug-likeness (QED) is 0.00775. The summed E-state index contributed by atoms with van der Waals surface area (Å²) in [6, 6.07) is 5.59. The van der Waals surface area contributed by atoms with Gasteiger partial charge in [0.25, 0.3) is 11.6 Å². The van der Waals surface area contributed by atoms with Crippen LogP contribution in [-0.2, 0) is 83.3 Å². The Hall–Kier alpha value is -11.9. The van der Waals surface area contributed by atoms with Crippen molar-refractivity contribution in [2.24, 2.45) is 5.92 Å². The van der Waals surface area contributed by atoms with Crippen LogP contribution in [0, 0.1) is 23.0 Å². The molecule has 1 saturated carbocycles. The topological polar surface area (TPSA) is 445 Å². The second kappa shape index (κ2) is 43.7. The van der Waals surface area contributed by atoms with Crippen molar-refractivity contribution in [1.82, 2.24) is 78.1 Å². The van der Waals surface area contributed by atoms with E-state index in [1.165, 1.54) is 64.0 Å². The van der Waals surface area contributed by atoms with Crippen LogP contribution in [0.25, 0.3) is 44.7 Å². The molecule has 40 heteroatoms. The highest BCUT2D eigenvalue weighted by Gasteiger charge is 2.32. The van der Waals surface area contributed by atoms with Gasteiger partial charge in [0.05, 0.1) is 75.9 Å². The first kappa shape index (κ1) is 90.6. The normalized spacial score (nSPS) is 12.9. The van der Waals surface area contributed by atoms with Gasteiger partial charge in [-0.2, -0.15) is 29.9 Å². The van der Waals surface area contributed by atoms with Gasteiger partial charge in [0, 0.05) is 44.7 Å². The smallest absolute Gasteiger partial charge is 0.417 e. The van der Waals surface area contributed by atoms with Crippen molar-refractivity contribution < 1.29 is 76.4 Å². The van der Waals surface area contributed by atoms with Crippen molar-refractivity contribution >= 4 is 133 Å². The standard InChI is InChI=1S/C25H32N6O7.C22H34N6O4.C20H28N6O4.C10H11ClN4O2/c1-6-8-9-13-30(24(33)38-25(3,4)5)23-27-21-20(26-16-29(21)15-19(32)36-7-2)22(28-23)37-18-12-10-11-17(14-18)31(34)35;1-7-10-11-13-28(21(30)32-22(4,5)6)20-25-18(23-12-8-2)17-19(26-20)27(15-24-17)14-16(29)31-9-3;1-2-30-15(27)12-26-13-21-16-17(25-8-10-29-11-9-25)22-20(23-18(16)26)24-19(28)14-6-4-3-5-7-14;1-3-17-7(16)4-15-5-12-8-9(11)13-6(2)14-10(8)15/h10-12,14,16H,6-9,13,15H2,1-5H3;8,15H,2,7,9-14H2,1,3-6H3,(H,23,25,26);13-14H,2-12H2,1H3,(H,22,23,24,28);5H,3-4H2,1-2H3. The first-order valence-corrected chi connectivity index (χ1v) is 39.4. The van der Waals surface area contributed by atoms with Crippen LogP contribution in [0.5, 0.6) is 11.6 Å². The number of anilines is 5. The zero-order valence-electron chi connectivity index (χ0n) is 68.6. The molecule has 11 rings (SSSR count). The molecule has 1 aliphatic carbocycles. The predicted octanol–water partition coefficient (Wildman–Crippen LogP) is 12.0. The lowest BCUT2D eigenvalue weighted by molar-refractivity contribution is -0.384. The van der Waals surface area contributed by atoms with Crippen LogP contribution in [0.3, 0.4) is 0 Å². The summed E-state index contributed by atoms with van der Waals surface area (Å²) in [6.45, 7) is 31.9.